The van der Waals surface area contributed by atoms with Gasteiger partial charge < -0.3 is 9.84 Å². The normalized spacial score (nSPS) is 15.0. The van der Waals surface area contributed by atoms with Crippen LogP contribution in [0.3, 0.4) is 0 Å². The summed E-state index contributed by atoms with van der Waals surface area (Å²) in [5, 5.41) is 6.95. The molecule has 1 fully saturated rings. The molecule has 1 N–H and O–H groups in total. The molecule has 0 spiro atoms. The van der Waals surface area contributed by atoms with E-state index in [0.717, 1.165) is 24.5 Å². The monoisotopic (exact) mass is 250 g/mol. The second kappa shape index (κ2) is 4.49. The minimum absolute atomic E-state index is 0.111. The Balaban J connectivity index is 1.90. The molecule has 2 aromatic rings. The van der Waals surface area contributed by atoms with Crippen LogP contribution in [0, 0.1) is 11.6 Å². The average molecular weight is 250 g/mol. The van der Waals surface area contributed by atoms with Crippen molar-refractivity contribution in [2.45, 2.75) is 25.4 Å². The van der Waals surface area contributed by atoms with Gasteiger partial charge in [-0.25, -0.2) is 8.78 Å². The van der Waals surface area contributed by atoms with Crippen molar-refractivity contribution >= 4 is 0 Å². The van der Waals surface area contributed by atoms with Gasteiger partial charge in [-0.15, -0.1) is 0 Å². The van der Waals surface area contributed by atoms with Crippen molar-refractivity contribution in [3.63, 3.8) is 0 Å². The highest BCUT2D eigenvalue weighted by atomic mass is 19.2. The Morgan fingerprint density at radius 2 is 2.17 bits per heavy atom. The van der Waals surface area contributed by atoms with Crippen LogP contribution in [0.1, 0.15) is 18.4 Å². The zero-order valence-corrected chi connectivity index (χ0v) is 9.62. The molecule has 3 rings (SSSR count). The predicted octanol–water partition coefficient (Wildman–Crippen LogP) is 2.87. The first-order chi connectivity index (χ1) is 8.75. The van der Waals surface area contributed by atoms with Crippen LogP contribution in [-0.2, 0) is 6.54 Å². The maximum absolute atomic E-state index is 13.7. The van der Waals surface area contributed by atoms with Crippen LogP contribution in [0.4, 0.5) is 8.78 Å². The molecule has 3 nitrogen and oxygen atoms in total. The Bertz CT molecular complexity index is 564. The number of nitrogens with one attached hydrogen (secondary N) is 1. The molecule has 0 aliphatic heterocycles. The van der Waals surface area contributed by atoms with E-state index in [1.807, 2.05) is 0 Å². The van der Waals surface area contributed by atoms with Gasteiger partial charge in [0.1, 0.15) is 0 Å². The summed E-state index contributed by atoms with van der Waals surface area (Å²) in [5.41, 5.74) is 0.853. The molecular formula is C13H12F2N2O. The minimum atomic E-state index is -0.901. The van der Waals surface area contributed by atoms with Gasteiger partial charge in [-0.05, 0) is 25.0 Å². The van der Waals surface area contributed by atoms with E-state index in [1.165, 1.54) is 18.3 Å². The summed E-state index contributed by atoms with van der Waals surface area (Å²) in [6.07, 6.45) is 3.86. The molecule has 0 amide bonds. The first-order valence-electron chi connectivity index (χ1n) is 5.87. The Morgan fingerprint density at radius 3 is 2.94 bits per heavy atom. The van der Waals surface area contributed by atoms with Gasteiger partial charge in [-0.3, -0.25) is 0 Å². The van der Waals surface area contributed by atoms with E-state index in [4.69, 9.17) is 4.52 Å². The summed E-state index contributed by atoms with van der Waals surface area (Å²) in [7, 11) is 0. The lowest BCUT2D eigenvalue weighted by Crippen LogP contribution is -2.15. The molecule has 1 heterocycles. The van der Waals surface area contributed by atoms with Crippen molar-refractivity contribution in [3.05, 3.63) is 41.6 Å². The number of nitrogens with zero attached hydrogens (tertiary/aromatic N) is 1. The molecule has 94 valence electrons. The molecule has 0 bridgehead atoms. The summed E-state index contributed by atoms with van der Waals surface area (Å²) in [5.74, 6) is -1.49. The number of rotatable bonds is 4. The van der Waals surface area contributed by atoms with Crippen molar-refractivity contribution in [2.24, 2.45) is 0 Å². The highest BCUT2D eigenvalue weighted by molar-refractivity contribution is 5.61. The van der Waals surface area contributed by atoms with Gasteiger partial charge in [0.25, 0.3) is 0 Å². The van der Waals surface area contributed by atoms with E-state index in [-0.39, 0.29) is 5.56 Å². The largest absolute Gasteiger partial charge is 0.356 e. The summed E-state index contributed by atoms with van der Waals surface area (Å²) < 4.78 is 31.9. The number of aromatic nitrogens is 1. The Morgan fingerprint density at radius 1 is 1.33 bits per heavy atom. The molecule has 5 heteroatoms. The van der Waals surface area contributed by atoms with E-state index in [9.17, 15) is 8.78 Å². The van der Waals surface area contributed by atoms with Gasteiger partial charge >= 0.3 is 0 Å². The predicted molar refractivity (Wildman–Crippen MR) is 61.7 cm³/mol. The standard InChI is InChI=1S/C13H12F2N2O/c14-11-3-1-2-10(12(11)15)13-8(7-17-18-13)6-16-9-4-5-9/h1-3,7,9,16H,4-6H2. The molecule has 0 radical (unpaired) electrons. The van der Waals surface area contributed by atoms with Crippen molar-refractivity contribution in [1.29, 1.82) is 0 Å². The van der Waals surface area contributed by atoms with Crippen molar-refractivity contribution in [1.82, 2.24) is 10.5 Å². The molecule has 0 atom stereocenters. The molecule has 1 aromatic heterocycles. The van der Waals surface area contributed by atoms with Crippen molar-refractivity contribution in [3.8, 4) is 11.3 Å². The third-order valence-electron chi connectivity index (χ3n) is 3.00. The summed E-state index contributed by atoms with van der Waals surface area (Å²) in [4.78, 5) is 0. The molecule has 1 aromatic carbocycles. The zero-order chi connectivity index (χ0) is 12.5. The van der Waals surface area contributed by atoms with Crippen molar-refractivity contribution in [2.75, 3.05) is 0 Å². The first-order valence-corrected chi connectivity index (χ1v) is 5.87. The smallest absolute Gasteiger partial charge is 0.174 e. The summed E-state index contributed by atoms with van der Waals surface area (Å²) in [6.45, 7) is 0.555. The first kappa shape index (κ1) is 11.3. The van der Waals surface area contributed by atoms with Crippen molar-refractivity contribution < 1.29 is 13.3 Å². The maximum Gasteiger partial charge on any atom is 0.174 e. The van der Waals surface area contributed by atoms with Gasteiger partial charge in [-0.1, -0.05) is 11.2 Å². The Hall–Kier alpha value is -1.75. The van der Waals surface area contributed by atoms with E-state index in [0.29, 0.717) is 18.3 Å². The molecule has 0 unspecified atom stereocenters. The van der Waals surface area contributed by atoms with Gasteiger partial charge in [0, 0.05) is 18.2 Å². The van der Waals surface area contributed by atoms with Crippen LogP contribution in [0.5, 0.6) is 0 Å². The second-order valence-corrected chi connectivity index (χ2v) is 4.44. The highest BCUT2D eigenvalue weighted by Gasteiger charge is 2.22. The number of benzene rings is 1. The van der Waals surface area contributed by atoms with Gasteiger partial charge in [0.2, 0.25) is 0 Å². The average Bonchev–Trinajstić information content (AvgIpc) is 3.08. The molecule has 1 saturated carbocycles. The van der Waals surface area contributed by atoms with Crippen LogP contribution in [-0.4, -0.2) is 11.2 Å². The lowest BCUT2D eigenvalue weighted by Gasteiger charge is -2.04. The van der Waals surface area contributed by atoms with Gasteiger partial charge in [0.15, 0.2) is 17.4 Å². The van der Waals surface area contributed by atoms with Gasteiger partial charge in [-0.2, -0.15) is 0 Å². The number of hydrogen-bond donors (Lipinski definition) is 1. The fourth-order valence-corrected chi connectivity index (χ4v) is 1.83. The van der Waals surface area contributed by atoms with Crippen LogP contribution in [0.25, 0.3) is 11.3 Å². The number of hydrogen-bond acceptors (Lipinski definition) is 3. The molecule has 1 aliphatic carbocycles. The lowest BCUT2D eigenvalue weighted by atomic mass is 10.1. The lowest BCUT2D eigenvalue weighted by molar-refractivity contribution is 0.426. The van der Waals surface area contributed by atoms with Crippen LogP contribution < -0.4 is 5.32 Å². The maximum atomic E-state index is 13.7. The fourth-order valence-electron chi connectivity index (χ4n) is 1.83. The molecule has 1 aliphatic rings. The molecule has 18 heavy (non-hydrogen) atoms. The fraction of sp³-hybridized carbons (Fsp3) is 0.308. The van der Waals surface area contributed by atoms with Crippen LogP contribution in [0.15, 0.2) is 28.9 Å². The van der Waals surface area contributed by atoms with E-state index in [2.05, 4.69) is 10.5 Å². The third-order valence-corrected chi connectivity index (χ3v) is 3.00. The summed E-state index contributed by atoms with van der Waals surface area (Å²) in [6, 6.07) is 4.55. The van der Waals surface area contributed by atoms with E-state index >= 15 is 0 Å². The van der Waals surface area contributed by atoms with Gasteiger partial charge in [0.05, 0.1) is 11.8 Å². The Kier molecular flexibility index (Phi) is 2.83. The third kappa shape index (κ3) is 2.13. The van der Waals surface area contributed by atoms with Crippen LogP contribution >= 0.6 is 0 Å². The zero-order valence-electron chi connectivity index (χ0n) is 9.62. The Labute approximate surface area is 103 Å². The quantitative estimate of drug-likeness (QED) is 0.906. The van der Waals surface area contributed by atoms with E-state index in [1.54, 1.807) is 0 Å². The topological polar surface area (TPSA) is 38.1 Å². The summed E-state index contributed by atoms with van der Waals surface area (Å²) >= 11 is 0. The second-order valence-electron chi connectivity index (χ2n) is 4.44. The van der Waals surface area contributed by atoms with Crippen LogP contribution in [0.2, 0.25) is 0 Å². The highest BCUT2D eigenvalue weighted by Crippen LogP contribution is 2.28. The minimum Gasteiger partial charge on any atom is -0.356 e. The SMILES string of the molecule is Fc1cccc(-c2oncc2CNC2CC2)c1F. The van der Waals surface area contributed by atoms with E-state index < -0.39 is 11.6 Å². The number of halogens is 2. The molecule has 0 saturated heterocycles. The molecular weight excluding hydrogens is 238 g/mol.